The van der Waals surface area contributed by atoms with Crippen molar-refractivity contribution >= 4 is 0 Å². The Hall–Kier alpha value is -1.04. The summed E-state index contributed by atoms with van der Waals surface area (Å²) in [5.74, 6) is 0. The van der Waals surface area contributed by atoms with Crippen LogP contribution in [0.4, 0.5) is 13.2 Å². The maximum absolute atomic E-state index is 12.1. The van der Waals surface area contributed by atoms with Gasteiger partial charge in [-0.05, 0) is 25.7 Å². The molecule has 0 aromatic carbocycles. The number of nitrogens with one attached hydrogen (secondary N) is 1. The Morgan fingerprint density at radius 2 is 2.17 bits per heavy atom. The molecule has 3 nitrogen and oxygen atoms in total. The van der Waals surface area contributed by atoms with Crippen LogP contribution in [0.25, 0.3) is 0 Å². The number of nitrogens with zero attached hydrogens (tertiary/aromatic N) is 2. The fourth-order valence-electron chi connectivity index (χ4n) is 2.52. The van der Waals surface area contributed by atoms with Crippen molar-refractivity contribution in [1.82, 2.24) is 14.9 Å². The van der Waals surface area contributed by atoms with E-state index in [-0.39, 0.29) is 12.6 Å². The quantitative estimate of drug-likeness (QED) is 0.903. The van der Waals surface area contributed by atoms with Crippen molar-refractivity contribution in [3.63, 3.8) is 0 Å². The highest BCUT2D eigenvalue weighted by Crippen LogP contribution is 2.28. The highest BCUT2D eigenvalue weighted by molar-refractivity contribution is 4.86. The zero-order valence-electron chi connectivity index (χ0n) is 10.2. The molecule has 1 fully saturated rings. The van der Waals surface area contributed by atoms with Crippen molar-refractivity contribution in [1.29, 1.82) is 0 Å². The first kappa shape index (κ1) is 13.4. The van der Waals surface area contributed by atoms with Crippen LogP contribution in [0.3, 0.4) is 0 Å². The molecule has 1 heterocycles. The summed E-state index contributed by atoms with van der Waals surface area (Å²) in [7, 11) is 0. The summed E-state index contributed by atoms with van der Waals surface area (Å²) in [6, 6.07) is 0.554. The fourth-order valence-corrected chi connectivity index (χ4v) is 2.52. The molecule has 0 spiro atoms. The fraction of sp³-hybridized carbons (Fsp3) is 0.750. The van der Waals surface area contributed by atoms with Gasteiger partial charge in [-0.3, -0.25) is 0 Å². The van der Waals surface area contributed by atoms with Crippen LogP contribution in [0.2, 0.25) is 0 Å². The third-order valence-electron chi connectivity index (χ3n) is 3.43. The monoisotopic (exact) mass is 261 g/mol. The van der Waals surface area contributed by atoms with Gasteiger partial charge in [-0.1, -0.05) is 0 Å². The van der Waals surface area contributed by atoms with Crippen LogP contribution in [0.15, 0.2) is 18.7 Å². The number of hydrogen-bond donors (Lipinski definition) is 1. The molecule has 0 aliphatic heterocycles. The minimum absolute atomic E-state index is 0.0187. The topological polar surface area (TPSA) is 29.9 Å². The maximum atomic E-state index is 12.1. The lowest BCUT2D eigenvalue weighted by Crippen LogP contribution is -2.36. The van der Waals surface area contributed by atoms with E-state index in [1.54, 1.807) is 12.5 Å². The smallest absolute Gasteiger partial charge is 0.334 e. The Morgan fingerprint density at radius 3 is 2.83 bits per heavy atom. The first-order chi connectivity index (χ1) is 8.54. The molecule has 1 aliphatic rings. The average molecular weight is 261 g/mol. The lowest BCUT2D eigenvalue weighted by molar-refractivity contribution is -0.133. The molecule has 0 bridgehead atoms. The summed E-state index contributed by atoms with van der Waals surface area (Å²) in [6.07, 6.45) is 4.59. The van der Waals surface area contributed by atoms with E-state index in [1.165, 1.54) is 0 Å². The Balaban J connectivity index is 1.77. The van der Waals surface area contributed by atoms with Crippen molar-refractivity contribution < 1.29 is 13.2 Å². The molecule has 1 N–H and O–H groups in total. The minimum Gasteiger partial charge on any atom is -0.334 e. The van der Waals surface area contributed by atoms with Gasteiger partial charge in [0, 0.05) is 31.0 Å². The second kappa shape index (κ2) is 5.73. The molecule has 1 aliphatic carbocycles. The molecule has 6 heteroatoms. The van der Waals surface area contributed by atoms with Crippen LogP contribution >= 0.6 is 0 Å². The Labute approximate surface area is 104 Å². The van der Waals surface area contributed by atoms with Gasteiger partial charge in [0.1, 0.15) is 0 Å². The van der Waals surface area contributed by atoms with Gasteiger partial charge < -0.3 is 9.88 Å². The van der Waals surface area contributed by atoms with Gasteiger partial charge in [0.25, 0.3) is 0 Å². The van der Waals surface area contributed by atoms with Crippen LogP contribution in [-0.4, -0.2) is 28.3 Å². The predicted molar refractivity (Wildman–Crippen MR) is 62.2 cm³/mol. The van der Waals surface area contributed by atoms with Crippen molar-refractivity contribution in [3.05, 3.63) is 18.7 Å². The van der Waals surface area contributed by atoms with Crippen LogP contribution in [0.1, 0.15) is 38.1 Å². The van der Waals surface area contributed by atoms with E-state index in [0.717, 1.165) is 25.7 Å². The van der Waals surface area contributed by atoms with Crippen molar-refractivity contribution in [2.75, 3.05) is 6.54 Å². The Bertz CT molecular complexity index is 348. The molecule has 102 valence electrons. The normalized spacial score (nSPS) is 25.3. The molecule has 0 radical (unpaired) electrons. The third-order valence-corrected chi connectivity index (χ3v) is 3.43. The first-order valence-corrected chi connectivity index (χ1v) is 6.32. The van der Waals surface area contributed by atoms with Gasteiger partial charge in [-0.2, -0.15) is 13.2 Å². The molecular formula is C12H18F3N3. The Morgan fingerprint density at radius 1 is 1.33 bits per heavy atom. The SMILES string of the molecule is FC(F)(F)CCN[C@@H]1CCCC(n2ccnc2)C1. The van der Waals surface area contributed by atoms with Gasteiger partial charge in [0.2, 0.25) is 0 Å². The van der Waals surface area contributed by atoms with E-state index in [9.17, 15) is 13.2 Å². The molecule has 0 saturated heterocycles. The highest BCUT2D eigenvalue weighted by atomic mass is 19.4. The van der Waals surface area contributed by atoms with Crippen LogP contribution in [0, 0.1) is 0 Å². The standard InChI is InChI=1S/C12H18F3N3/c13-12(14,15)4-5-17-10-2-1-3-11(8-10)18-7-6-16-9-18/h6-7,9-11,17H,1-5,8H2/t10-,11?/m1/s1. The van der Waals surface area contributed by atoms with E-state index >= 15 is 0 Å². The molecule has 2 rings (SSSR count). The second-order valence-corrected chi connectivity index (χ2v) is 4.85. The van der Waals surface area contributed by atoms with Crippen molar-refractivity contribution in [2.45, 2.75) is 50.4 Å². The molecule has 1 unspecified atom stereocenters. The maximum Gasteiger partial charge on any atom is 0.390 e. The molecule has 1 aromatic heterocycles. The molecule has 18 heavy (non-hydrogen) atoms. The summed E-state index contributed by atoms with van der Waals surface area (Å²) in [5.41, 5.74) is 0. The number of alkyl halides is 3. The average Bonchev–Trinajstić information content (AvgIpc) is 2.81. The third kappa shape index (κ3) is 4.01. The zero-order chi connectivity index (χ0) is 13.0. The van der Waals surface area contributed by atoms with Gasteiger partial charge in [-0.15, -0.1) is 0 Å². The van der Waals surface area contributed by atoms with Crippen LogP contribution < -0.4 is 5.32 Å². The summed E-state index contributed by atoms with van der Waals surface area (Å²) >= 11 is 0. The first-order valence-electron chi connectivity index (χ1n) is 6.32. The number of rotatable bonds is 4. The lowest BCUT2D eigenvalue weighted by atomic mass is 9.91. The second-order valence-electron chi connectivity index (χ2n) is 4.85. The van der Waals surface area contributed by atoms with Crippen molar-refractivity contribution in [3.8, 4) is 0 Å². The Kier molecular flexibility index (Phi) is 4.27. The predicted octanol–water partition coefficient (Wildman–Crippen LogP) is 2.91. The minimum atomic E-state index is -4.06. The zero-order valence-corrected chi connectivity index (χ0v) is 10.2. The number of hydrogen-bond acceptors (Lipinski definition) is 2. The number of imidazole rings is 1. The van der Waals surface area contributed by atoms with Gasteiger partial charge in [0.05, 0.1) is 12.7 Å². The summed E-state index contributed by atoms with van der Waals surface area (Å²) in [5, 5.41) is 3.02. The van der Waals surface area contributed by atoms with Gasteiger partial charge in [-0.25, -0.2) is 4.98 Å². The lowest BCUT2D eigenvalue weighted by Gasteiger charge is -2.30. The van der Waals surface area contributed by atoms with Gasteiger partial charge in [0.15, 0.2) is 0 Å². The van der Waals surface area contributed by atoms with Crippen LogP contribution in [0.5, 0.6) is 0 Å². The highest BCUT2D eigenvalue weighted by Gasteiger charge is 2.28. The van der Waals surface area contributed by atoms with Gasteiger partial charge >= 0.3 is 6.18 Å². The molecule has 1 aromatic rings. The summed E-state index contributed by atoms with van der Waals surface area (Å²) in [6.45, 7) is 0.0187. The van der Waals surface area contributed by atoms with Crippen LogP contribution in [-0.2, 0) is 0 Å². The molecule has 1 saturated carbocycles. The number of aromatic nitrogens is 2. The van der Waals surface area contributed by atoms with E-state index in [2.05, 4.69) is 14.9 Å². The molecule has 0 amide bonds. The van der Waals surface area contributed by atoms with E-state index in [1.807, 2.05) is 6.20 Å². The van der Waals surface area contributed by atoms with E-state index in [4.69, 9.17) is 0 Å². The van der Waals surface area contributed by atoms with E-state index < -0.39 is 12.6 Å². The van der Waals surface area contributed by atoms with E-state index in [0.29, 0.717) is 6.04 Å². The molecule has 2 atom stereocenters. The molecular weight excluding hydrogens is 243 g/mol. The number of halogens is 3. The van der Waals surface area contributed by atoms with Crippen molar-refractivity contribution in [2.24, 2.45) is 0 Å². The summed E-state index contributed by atoms with van der Waals surface area (Å²) in [4.78, 5) is 4.01. The summed E-state index contributed by atoms with van der Waals surface area (Å²) < 4.78 is 38.2. The largest absolute Gasteiger partial charge is 0.390 e.